The van der Waals surface area contributed by atoms with Crippen molar-refractivity contribution in [3.05, 3.63) is 30.2 Å². The summed E-state index contributed by atoms with van der Waals surface area (Å²) in [6, 6.07) is 3.63. The van der Waals surface area contributed by atoms with Gasteiger partial charge in [-0.3, -0.25) is 9.89 Å². The average Bonchev–Trinajstić information content (AvgIpc) is 2.85. The van der Waals surface area contributed by atoms with Gasteiger partial charge in [-0.25, -0.2) is 0 Å². The third kappa shape index (κ3) is 2.07. The number of nitrogens with zero attached hydrogens (tertiary/aromatic N) is 1. The lowest BCUT2D eigenvalue weighted by molar-refractivity contribution is -0.117. The van der Waals surface area contributed by atoms with Crippen molar-refractivity contribution in [2.45, 2.75) is 12.8 Å². The minimum Gasteiger partial charge on any atom is -0.463 e. The van der Waals surface area contributed by atoms with Crippen LogP contribution in [0.25, 0.3) is 11.5 Å². The Morgan fingerprint density at radius 3 is 3.13 bits per heavy atom. The van der Waals surface area contributed by atoms with Gasteiger partial charge < -0.3 is 10.2 Å². The van der Waals surface area contributed by atoms with E-state index in [9.17, 15) is 4.79 Å². The van der Waals surface area contributed by atoms with Gasteiger partial charge in [0.15, 0.2) is 5.76 Å². The number of H-pyrrole nitrogens is 1. The third-order valence-corrected chi connectivity index (χ3v) is 2.13. The molecular weight excluding hydrogens is 194 g/mol. The first-order chi connectivity index (χ1) is 7.27. The second kappa shape index (κ2) is 4.00. The second-order valence-corrected chi connectivity index (χ2v) is 3.21. The van der Waals surface area contributed by atoms with E-state index >= 15 is 0 Å². The summed E-state index contributed by atoms with van der Waals surface area (Å²) >= 11 is 0. The molecule has 5 heteroatoms. The van der Waals surface area contributed by atoms with Gasteiger partial charge >= 0.3 is 0 Å². The summed E-state index contributed by atoms with van der Waals surface area (Å²) in [5.41, 5.74) is 6.83. The van der Waals surface area contributed by atoms with Crippen LogP contribution in [0.15, 0.2) is 29.0 Å². The van der Waals surface area contributed by atoms with Crippen molar-refractivity contribution in [3.63, 3.8) is 0 Å². The predicted octanol–water partition coefficient (Wildman–Crippen LogP) is 1.09. The Balaban J connectivity index is 2.19. The van der Waals surface area contributed by atoms with Crippen molar-refractivity contribution in [3.8, 4) is 11.5 Å². The quantitative estimate of drug-likeness (QED) is 0.783. The third-order valence-electron chi connectivity index (χ3n) is 2.13. The number of nitrogens with one attached hydrogen (secondary N) is 1. The van der Waals surface area contributed by atoms with Crippen LogP contribution in [-0.4, -0.2) is 16.1 Å². The molecule has 0 atom stereocenters. The molecule has 0 bridgehead atoms. The van der Waals surface area contributed by atoms with Crippen LogP contribution >= 0.6 is 0 Å². The van der Waals surface area contributed by atoms with E-state index in [1.54, 1.807) is 18.5 Å². The number of primary amides is 1. The number of aromatic nitrogens is 2. The maximum atomic E-state index is 10.7. The molecule has 2 heterocycles. The summed E-state index contributed by atoms with van der Waals surface area (Å²) in [6.07, 6.45) is 4.16. The molecule has 1 amide bonds. The van der Waals surface area contributed by atoms with Gasteiger partial charge in [-0.2, -0.15) is 5.10 Å². The number of aryl methyl sites for hydroxylation is 1. The van der Waals surface area contributed by atoms with Crippen LogP contribution in [0.3, 0.4) is 0 Å². The fourth-order valence-electron chi connectivity index (χ4n) is 1.39. The van der Waals surface area contributed by atoms with Crippen molar-refractivity contribution in [1.29, 1.82) is 0 Å². The highest BCUT2D eigenvalue weighted by atomic mass is 16.3. The number of nitrogens with two attached hydrogens (primary N) is 1. The zero-order valence-electron chi connectivity index (χ0n) is 8.06. The standard InChI is InChI=1S/C10H11N3O2/c11-9(14)4-3-7-6-12-13-10(7)8-2-1-5-15-8/h1-2,5-6H,3-4H2,(H2,11,14)(H,12,13). The average molecular weight is 205 g/mol. The molecule has 78 valence electrons. The van der Waals surface area contributed by atoms with Crippen molar-refractivity contribution in [2.24, 2.45) is 5.73 Å². The lowest BCUT2D eigenvalue weighted by Crippen LogP contribution is -2.11. The Bertz CT molecular complexity index is 445. The molecular formula is C10H11N3O2. The number of hydrogen-bond acceptors (Lipinski definition) is 3. The molecule has 0 aliphatic rings. The topological polar surface area (TPSA) is 84.9 Å². The van der Waals surface area contributed by atoms with E-state index < -0.39 is 0 Å². The van der Waals surface area contributed by atoms with E-state index in [2.05, 4.69) is 10.2 Å². The van der Waals surface area contributed by atoms with Gasteiger partial charge in [0.1, 0.15) is 5.69 Å². The monoisotopic (exact) mass is 205 g/mol. The molecule has 0 aromatic carbocycles. The fourth-order valence-corrected chi connectivity index (χ4v) is 1.39. The van der Waals surface area contributed by atoms with Gasteiger partial charge in [0, 0.05) is 12.0 Å². The lowest BCUT2D eigenvalue weighted by atomic mass is 10.1. The minimum absolute atomic E-state index is 0.313. The molecule has 2 aromatic rings. The number of carbonyl (C=O) groups excluding carboxylic acids is 1. The van der Waals surface area contributed by atoms with Gasteiger partial charge in [0.25, 0.3) is 0 Å². The van der Waals surface area contributed by atoms with Crippen molar-refractivity contribution < 1.29 is 9.21 Å². The van der Waals surface area contributed by atoms with Crippen LogP contribution in [-0.2, 0) is 11.2 Å². The Hall–Kier alpha value is -2.04. The van der Waals surface area contributed by atoms with Crippen LogP contribution in [0.1, 0.15) is 12.0 Å². The Labute approximate surface area is 86.3 Å². The maximum absolute atomic E-state index is 10.7. The summed E-state index contributed by atoms with van der Waals surface area (Å²) in [6.45, 7) is 0. The molecule has 5 nitrogen and oxygen atoms in total. The number of aromatic amines is 1. The van der Waals surface area contributed by atoms with E-state index in [0.717, 1.165) is 11.3 Å². The van der Waals surface area contributed by atoms with Crippen LogP contribution in [0.5, 0.6) is 0 Å². The molecule has 3 N–H and O–H groups in total. The number of carbonyl (C=O) groups is 1. The largest absolute Gasteiger partial charge is 0.463 e. The molecule has 0 aliphatic carbocycles. The predicted molar refractivity (Wildman–Crippen MR) is 53.8 cm³/mol. The molecule has 0 saturated heterocycles. The Morgan fingerprint density at radius 1 is 1.60 bits per heavy atom. The molecule has 2 rings (SSSR count). The van der Waals surface area contributed by atoms with E-state index in [-0.39, 0.29) is 5.91 Å². The number of amides is 1. The summed E-state index contributed by atoms with van der Waals surface area (Å²) < 4.78 is 5.24. The smallest absolute Gasteiger partial charge is 0.217 e. The molecule has 0 radical (unpaired) electrons. The normalized spacial score (nSPS) is 10.4. The maximum Gasteiger partial charge on any atom is 0.217 e. The van der Waals surface area contributed by atoms with Gasteiger partial charge in [-0.1, -0.05) is 0 Å². The Morgan fingerprint density at radius 2 is 2.47 bits per heavy atom. The SMILES string of the molecule is NC(=O)CCc1cn[nH]c1-c1ccco1. The van der Waals surface area contributed by atoms with Crippen LogP contribution in [0.4, 0.5) is 0 Å². The van der Waals surface area contributed by atoms with Crippen molar-refractivity contribution in [2.75, 3.05) is 0 Å². The van der Waals surface area contributed by atoms with E-state index in [1.165, 1.54) is 0 Å². The Kier molecular flexibility index (Phi) is 2.53. The van der Waals surface area contributed by atoms with Gasteiger partial charge in [0.05, 0.1) is 12.5 Å². The second-order valence-electron chi connectivity index (χ2n) is 3.21. The van der Waals surface area contributed by atoms with E-state index in [4.69, 9.17) is 10.2 Å². The highest BCUT2D eigenvalue weighted by Crippen LogP contribution is 2.22. The molecule has 0 fully saturated rings. The molecule has 0 aliphatic heterocycles. The first kappa shape index (κ1) is 9.51. The lowest BCUT2D eigenvalue weighted by Gasteiger charge is -1.97. The summed E-state index contributed by atoms with van der Waals surface area (Å²) in [4.78, 5) is 10.7. The summed E-state index contributed by atoms with van der Waals surface area (Å²) in [7, 11) is 0. The molecule has 2 aromatic heterocycles. The number of hydrogen-bond donors (Lipinski definition) is 2. The first-order valence-electron chi connectivity index (χ1n) is 4.62. The zero-order chi connectivity index (χ0) is 10.7. The molecule has 0 saturated carbocycles. The molecule has 0 unspecified atom stereocenters. The van der Waals surface area contributed by atoms with Crippen molar-refractivity contribution in [1.82, 2.24) is 10.2 Å². The van der Waals surface area contributed by atoms with Crippen molar-refractivity contribution >= 4 is 5.91 Å². The van der Waals surface area contributed by atoms with Gasteiger partial charge in [-0.15, -0.1) is 0 Å². The fraction of sp³-hybridized carbons (Fsp3) is 0.200. The highest BCUT2D eigenvalue weighted by Gasteiger charge is 2.10. The van der Waals surface area contributed by atoms with E-state index in [0.29, 0.717) is 18.6 Å². The van der Waals surface area contributed by atoms with Crippen LogP contribution in [0.2, 0.25) is 0 Å². The summed E-state index contributed by atoms with van der Waals surface area (Å²) in [5.74, 6) is 0.397. The molecule has 0 spiro atoms. The molecule has 15 heavy (non-hydrogen) atoms. The van der Waals surface area contributed by atoms with Crippen LogP contribution < -0.4 is 5.73 Å². The summed E-state index contributed by atoms with van der Waals surface area (Å²) in [5, 5.41) is 6.75. The van der Waals surface area contributed by atoms with Crippen LogP contribution in [0, 0.1) is 0 Å². The first-order valence-corrected chi connectivity index (χ1v) is 4.62. The van der Waals surface area contributed by atoms with Gasteiger partial charge in [-0.05, 0) is 18.6 Å². The minimum atomic E-state index is -0.318. The van der Waals surface area contributed by atoms with Gasteiger partial charge in [0.2, 0.25) is 5.91 Å². The number of rotatable bonds is 4. The van der Waals surface area contributed by atoms with E-state index in [1.807, 2.05) is 6.07 Å². The zero-order valence-corrected chi connectivity index (χ0v) is 8.06. The number of furan rings is 1. The highest BCUT2D eigenvalue weighted by molar-refractivity contribution is 5.74.